The largest absolute Gasteiger partial charge is 0.319 e. The summed E-state index contributed by atoms with van der Waals surface area (Å²) in [5, 5.41) is 13.8. The van der Waals surface area contributed by atoms with E-state index in [9.17, 15) is 4.79 Å². The van der Waals surface area contributed by atoms with Gasteiger partial charge in [0.2, 0.25) is 0 Å². The first kappa shape index (κ1) is 16.0. The molecule has 3 nitrogen and oxygen atoms in total. The molecule has 0 aliphatic rings. The number of thiophene rings is 1. The fourth-order valence-corrected chi connectivity index (χ4v) is 3.94. The Labute approximate surface area is 143 Å². The molecule has 0 aliphatic heterocycles. The fraction of sp³-hybridized carbons (Fsp3) is 0.0667. The molecule has 0 spiro atoms. The van der Waals surface area contributed by atoms with Gasteiger partial charge in [-0.05, 0) is 74.0 Å². The summed E-state index contributed by atoms with van der Waals surface area (Å²) in [6, 6.07) is 9.46. The predicted octanol–water partition coefficient (Wildman–Crippen LogP) is 5.13. The molecule has 0 atom stereocenters. The average Bonchev–Trinajstić information content (AvgIpc) is 2.92. The number of aryl methyl sites for hydroxylation is 1. The lowest BCUT2D eigenvalue weighted by atomic mass is 10.2. The quantitative estimate of drug-likeness (QED) is 0.547. The third kappa shape index (κ3) is 4.03. The zero-order valence-electron chi connectivity index (χ0n) is 11.0. The second kappa shape index (κ2) is 7.03. The summed E-state index contributed by atoms with van der Waals surface area (Å²) in [4.78, 5) is 13.1. The van der Waals surface area contributed by atoms with E-state index in [1.165, 1.54) is 11.3 Å². The lowest BCUT2D eigenvalue weighted by molar-refractivity contribution is -0.112. The van der Waals surface area contributed by atoms with Crippen LogP contribution in [0.1, 0.15) is 10.4 Å². The van der Waals surface area contributed by atoms with E-state index in [4.69, 9.17) is 5.26 Å². The number of halogens is 2. The molecule has 21 heavy (non-hydrogen) atoms. The van der Waals surface area contributed by atoms with E-state index in [1.807, 2.05) is 42.6 Å². The van der Waals surface area contributed by atoms with E-state index in [-0.39, 0.29) is 5.57 Å². The molecule has 0 fully saturated rings. The Morgan fingerprint density at radius 1 is 1.38 bits per heavy atom. The summed E-state index contributed by atoms with van der Waals surface area (Å²) < 4.78 is 1.52. The van der Waals surface area contributed by atoms with Crippen molar-refractivity contribution < 1.29 is 4.79 Å². The van der Waals surface area contributed by atoms with Crippen molar-refractivity contribution in [2.75, 3.05) is 5.32 Å². The Morgan fingerprint density at radius 3 is 2.57 bits per heavy atom. The van der Waals surface area contributed by atoms with Gasteiger partial charge in [0.05, 0.1) is 5.69 Å². The molecular formula is C15H10Br2N2OS. The number of nitrogens with zero attached hydrogens (tertiary/aromatic N) is 1. The molecular weight excluding hydrogens is 416 g/mol. The van der Waals surface area contributed by atoms with Gasteiger partial charge in [0.15, 0.2) is 0 Å². The number of nitriles is 1. The minimum absolute atomic E-state index is 0.0665. The normalized spacial score (nSPS) is 11.0. The van der Waals surface area contributed by atoms with E-state index in [0.29, 0.717) is 5.69 Å². The number of benzene rings is 1. The van der Waals surface area contributed by atoms with Crippen molar-refractivity contribution in [3.63, 3.8) is 0 Å². The summed E-state index contributed by atoms with van der Waals surface area (Å²) in [6.45, 7) is 1.96. The number of nitrogens with one attached hydrogen (secondary N) is 1. The number of hydrogen-bond acceptors (Lipinski definition) is 3. The maximum atomic E-state index is 12.2. The van der Waals surface area contributed by atoms with Gasteiger partial charge in [-0.15, -0.1) is 11.3 Å². The number of anilines is 1. The smallest absolute Gasteiger partial charge is 0.266 e. The van der Waals surface area contributed by atoms with Gasteiger partial charge >= 0.3 is 0 Å². The van der Waals surface area contributed by atoms with Crippen molar-refractivity contribution in [3.8, 4) is 6.07 Å². The highest BCUT2D eigenvalue weighted by Crippen LogP contribution is 2.32. The van der Waals surface area contributed by atoms with Crippen molar-refractivity contribution in [3.05, 3.63) is 54.6 Å². The van der Waals surface area contributed by atoms with Crippen LogP contribution >= 0.6 is 43.2 Å². The molecule has 2 aromatic rings. The second-order valence-electron chi connectivity index (χ2n) is 4.24. The van der Waals surface area contributed by atoms with Gasteiger partial charge in [-0.25, -0.2) is 0 Å². The number of hydrogen-bond donors (Lipinski definition) is 1. The van der Waals surface area contributed by atoms with Crippen molar-refractivity contribution in [1.29, 1.82) is 5.26 Å². The predicted molar refractivity (Wildman–Crippen MR) is 93.1 cm³/mol. The van der Waals surface area contributed by atoms with Crippen LogP contribution in [0, 0.1) is 18.3 Å². The maximum absolute atomic E-state index is 12.2. The molecule has 2 rings (SSSR count). The highest BCUT2D eigenvalue weighted by atomic mass is 79.9. The van der Waals surface area contributed by atoms with Gasteiger partial charge in [-0.1, -0.05) is 6.07 Å². The number of carbonyl (C=O) groups is 1. The van der Waals surface area contributed by atoms with Crippen LogP contribution in [0.2, 0.25) is 0 Å². The van der Waals surface area contributed by atoms with E-state index >= 15 is 0 Å². The van der Waals surface area contributed by atoms with Crippen LogP contribution in [-0.4, -0.2) is 5.91 Å². The molecule has 0 bridgehead atoms. The first-order chi connectivity index (χ1) is 10.0. The molecule has 0 radical (unpaired) electrons. The number of carbonyl (C=O) groups excluding carboxylic acids is 1. The number of amides is 1. The molecule has 1 aromatic heterocycles. The monoisotopic (exact) mass is 424 g/mol. The molecule has 0 aliphatic carbocycles. The lowest BCUT2D eigenvalue weighted by Crippen LogP contribution is -2.14. The third-order valence-electron chi connectivity index (χ3n) is 2.62. The van der Waals surface area contributed by atoms with Crippen molar-refractivity contribution in [1.82, 2.24) is 0 Å². The minimum Gasteiger partial charge on any atom is -0.319 e. The van der Waals surface area contributed by atoms with Crippen LogP contribution < -0.4 is 5.32 Å². The van der Waals surface area contributed by atoms with E-state index in [2.05, 4.69) is 37.2 Å². The summed E-state index contributed by atoms with van der Waals surface area (Å²) in [5.41, 5.74) is 1.73. The summed E-state index contributed by atoms with van der Waals surface area (Å²) in [6.07, 6.45) is 1.58. The third-order valence-corrected chi connectivity index (χ3v) is 4.69. The first-order valence-electron chi connectivity index (χ1n) is 5.93. The Bertz CT molecular complexity index is 723. The highest BCUT2D eigenvalue weighted by Gasteiger charge is 2.14. The Morgan fingerprint density at radius 2 is 2.05 bits per heavy atom. The molecule has 0 unspecified atom stereocenters. The van der Waals surface area contributed by atoms with Crippen LogP contribution in [0.15, 0.2) is 44.2 Å². The van der Waals surface area contributed by atoms with Gasteiger partial charge in [-0.3, -0.25) is 4.79 Å². The molecule has 0 saturated carbocycles. The van der Waals surface area contributed by atoms with Crippen LogP contribution in [0.5, 0.6) is 0 Å². The summed E-state index contributed by atoms with van der Waals surface area (Å²) in [7, 11) is 0. The molecule has 1 amide bonds. The highest BCUT2D eigenvalue weighted by molar-refractivity contribution is 9.11. The zero-order valence-corrected chi connectivity index (χ0v) is 15.0. The maximum Gasteiger partial charge on any atom is 0.266 e. The first-order valence-corrected chi connectivity index (χ1v) is 8.40. The van der Waals surface area contributed by atoms with Crippen molar-refractivity contribution in [2.45, 2.75) is 6.92 Å². The van der Waals surface area contributed by atoms with Crippen LogP contribution in [0.4, 0.5) is 5.69 Å². The van der Waals surface area contributed by atoms with Crippen LogP contribution in [0.3, 0.4) is 0 Å². The van der Waals surface area contributed by atoms with E-state index < -0.39 is 5.91 Å². The van der Waals surface area contributed by atoms with Crippen molar-refractivity contribution in [2.24, 2.45) is 0 Å². The fourth-order valence-electron chi connectivity index (χ4n) is 1.66. The molecule has 0 saturated heterocycles. The van der Waals surface area contributed by atoms with Gasteiger partial charge in [0, 0.05) is 13.8 Å². The van der Waals surface area contributed by atoms with Gasteiger partial charge in [0.25, 0.3) is 5.91 Å². The van der Waals surface area contributed by atoms with Gasteiger partial charge in [-0.2, -0.15) is 5.26 Å². The topological polar surface area (TPSA) is 52.9 Å². The molecule has 1 aromatic carbocycles. The SMILES string of the molecule is Cc1cc(Br)c(NC(=O)/C(C#N)=C/c2cccs2)c(Br)c1. The Kier molecular flexibility index (Phi) is 5.34. The van der Waals surface area contributed by atoms with Crippen molar-refractivity contribution >= 4 is 60.9 Å². The molecule has 1 N–H and O–H groups in total. The summed E-state index contributed by atoms with van der Waals surface area (Å²) >= 11 is 8.30. The number of rotatable bonds is 3. The Hall–Kier alpha value is -1.42. The standard InChI is InChI=1S/C15H10Br2N2OS/c1-9-5-12(16)14(13(17)6-9)19-15(20)10(8-18)7-11-3-2-4-21-11/h2-7H,1H3,(H,19,20)/b10-7+. The van der Waals surface area contributed by atoms with E-state index in [0.717, 1.165) is 19.4 Å². The second-order valence-corrected chi connectivity index (χ2v) is 6.93. The van der Waals surface area contributed by atoms with Crippen LogP contribution in [0.25, 0.3) is 6.08 Å². The Balaban J connectivity index is 2.27. The van der Waals surface area contributed by atoms with Gasteiger partial charge in [0.1, 0.15) is 11.6 Å². The molecule has 106 valence electrons. The molecule has 1 heterocycles. The van der Waals surface area contributed by atoms with Crippen LogP contribution in [-0.2, 0) is 4.79 Å². The van der Waals surface area contributed by atoms with E-state index in [1.54, 1.807) is 6.08 Å². The van der Waals surface area contributed by atoms with Gasteiger partial charge < -0.3 is 5.32 Å². The zero-order chi connectivity index (χ0) is 15.4. The molecule has 6 heteroatoms. The minimum atomic E-state index is -0.434. The summed E-state index contributed by atoms with van der Waals surface area (Å²) in [5.74, 6) is -0.434. The lowest BCUT2D eigenvalue weighted by Gasteiger charge is -2.10. The average molecular weight is 426 g/mol.